The molecule has 1 aromatic carbocycles. The molecule has 7 nitrogen and oxygen atoms in total. The second-order valence-corrected chi connectivity index (χ2v) is 8.55. The smallest absolute Gasteiger partial charge is 0.370 e. The van der Waals surface area contributed by atoms with E-state index in [1.807, 2.05) is 6.92 Å². The zero-order valence-electron chi connectivity index (χ0n) is 19.4. The molecule has 1 aliphatic heterocycles. The van der Waals surface area contributed by atoms with Crippen molar-refractivity contribution in [3.8, 4) is 0 Å². The van der Waals surface area contributed by atoms with Gasteiger partial charge in [0, 0.05) is 67.9 Å². The molecule has 1 fully saturated rings. The van der Waals surface area contributed by atoms with Crippen molar-refractivity contribution in [2.75, 3.05) is 31.5 Å². The fourth-order valence-electron chi connectivity index (χ4n) is 4.19. The molecule has 3 heterocycles. The number of benzene rings is 1. The first kappa shape index (κ1) is 25.7. The predicted molar refractivity (Wildman–Crippen MR) is 124 cm³/mol. The fraction of sp³-hybridized carbons (Fsp3) is 0.417. The van der Waals surface area contributed by atoms with Crippen LogP contribution in [0.15, 0.2) is 42.7 Å². The first-order valence-electron chi connectivity index (χ1n) is 11.5. The van der Waals surface area contributed by atoms with E-state index in [0.29, 0.717) is 34.4 Å². The number of halogens is 5. The molecule has 192 valence electrons. The SMILES string of the molecule is CCNc1ccc2c(C(=O)NCC(c3cnc(C(F)(F)F)nc3)N3CCC(F)(F)CC3)cccc2n1. The van der Waals surface area contributed by atoms with E-state index in [2.05, 4.69) is 25.6 Å². The highest BCUT2D eigenvalue weighted by molar-refractivity contribution is 6.06. The number of nitrogens with one attached hydrogen (secondary N) is 2. The second-order valence-electron chi connectivity index (χ2n) is 8.55. The summed E-state index contributed by atoms with van der Waals surface area (Å²) in [6, 6.07) is 7.99. The maximum absolute atomic E-state index is 13.7. The van der Waals surface area contributed by atoms with Crippen LogP contribution >= 0.6 is 0 Å². The van der Waals surface area contributed by atoms with Crippen molar-refractivity contribution in [3.63, 3.8) is 0 Å². The molecule has 2 N–H and O–H groups in total. The Bertz CT molecular complexity index is 1210. The van der Waals surface area contributed by atoms with Crippen LogP contribution in [0.25, 0.3) is 10.9 Å². The summed E-state index contributed by atoms with van der Waals surface area (Å²) in [5, 5.41) is 6.54. The number of likely N-dealkylation sites (tertiary alicyclic amines) is 1. The average Bonchev–Trinajstić information content (AvgIpc) is 2.84. The summed E-state index contributed by atoms with van der Waals surface area (Å²) in [6.07, 6.45) is -3.42. The Balaban J connectivity index is 1.56. The molecule has 2 aromatic heterocycles. The molecule has 1 amide bonds. The number of carbonyl (C=O) groups is 1. The van der Waals surface area contributed by atoms with E-state index in [4.69, 9.17) is 0 Å². The minimum Gasteiger partial charge on any atom is -0.370 e. The van der Waals surface area contributed by atoms with Gasteiger partial charge in [-0.3, -0.25) is 9.69 Å². The van der Waals surface area contributed by atoms with E-state index in [1.54, 1.807) is 35.2 Å². The molecule has 0 aliphatic carbocycles. The number of rotatable bonds is 7. The summed E-state index contributed by atoms with van der Waals surface area (Å²) in [5.74, 6) is -3.84. The third-order valence-corrected chi connectivity index (χ3v) is 6.07. The molecule has 0 bridgehead atoms. The van der Waals surface area contributed by atoms with Crippen LogP contribution in [0.4, 0.5) is 27.8 Å². The summed E-state index contributed by atoms with van der Waals surface area (Å²) in [7, 11) is 0. The van der Waals surface area contributed by atoms with Crippen LogP contribution in [0.5, 0.6) is 0 Å². The van der Waals surface area contributed by atoms with E-state index < -0.39 is 29.9 Å². The number of nitrogens with zero attached hydrogens (tertiary/aromatic N) is 4. The lowest BCUT2D eigenvalue weighted by Gasteiger charge is -2.37. The molecule has 1 aliphatic rings. The highest BCUT2D eigenvalue weighted by Crippen LogP contribution is 2.33. The molecule has 12 heteroatoms. The van der Waals surface area contributed by atoms with Gasteiger partial charge in [0.2, 0.25) is 5.82 Å². The van der Waals surface area contributed by atoms with Gasteiger partial charge in [0.05, 0.1) is 11.6 Å². The van der Waals surface area contributed by atoms with Crippen LogP contribution in [0.1, 0.15) is 47.6 Å². The molecule has 0 saturated carbocycles. The number of fused-ring (bicyclic) bond motifs is 1. The Morgan fingerprint density at radius 1 is 1.11 bits per heavy atom. The largest absolute Gasteiger partial charge is 0.451 e. The molecule has 1 saturated heterocycles. The number of hydrogen-bond acceptors (Lipinski definition) is 6. The van der Waals surface area contributed by atoms with Crippen LogP contribution in [0, 0.1) is 0 Å². The van der Waals surface area contributed by atoms with Gasteiger partial charge in [-0.1, -0.05) is 6.07 Å². The summed E-state index contributed by atoms with van der Waals surface area (Å²) in [5.41, 5.74) is 1.28. The normalized spacial score (nSPS) is 17.1. The first-order valence-corrected chi connectivity index (χ1v) is 11.5. The molecule has 3 aromatic rings. The van der Waals surface area contributed by atoms with Gasteiger partial charge in [-0.25, -0.2) is 23.7 Å². The number of hydrogen-bond donors (Lipinski definition) is 2. The summed E-state index contributed by atoms with van der Waals surface area (Å²) >= 11 is 0. The highest BCUT2D eigenvalue weighted by Gasteiger charge is 2.38. The third kappa shape index (κ3) is 5.86. The third-order valence-electron chi connectivity index (χ3n) is 6.07. The van der Waals surface area contributed by atoms with Gasteiger partial charge in [0.1, 0.15) is 5.82 Å². The zero-order chi connectivity index (χ0) is 25.9. The standard InChI is InChI=1S/C24H25F5N6O/c1-2-30-20-7-6-16-17(4-3-5-18(16)34-20)21(36)31-14-19(35-10-8-23(25,26)9-11-35)15-12-32-22(33-13-15)24(27,28)29/h3-7,12-13,19H,2,8-11,14H2,1H3,(H,30,34)(H,31,36). The van der Waals surface area contributed by atoms with Crippen LogP contribution < -0.4 is 10.6 Å². The minimum absolute atomic E-state index is 0.0138. The zero-order valence-corrected chi connectivity index (χ0v) is 19.4. The average molecular weight is 508 g/mol. The van der Waals surface area contributed by atoms with Crippen molar-refractivity contribution >= 4 is 22.6 Å². The van der Waals surface area contributed by atoms with E-state index in [9.17, 15) is 26.7 Å². The van der Waals surface area contributed by atoms with E-state index in [0.717, 1.165) is 12.4 Å². The number of anilines is 1. The van der Waals surface area contributed by atoms with Gasteiger partial charge >= 0.3 is 6.18 Å². The molecular weight excluding hydrogens is 483 g/mol. The molecule has 1 unspecified atom stereocenters. The Labute approximate surface area is 204 Å². The number of aromatic nitrogens is 3. The Morgan fingerprint density at radius 3 is 2.44 bits per heavy atom. The molecule has 0 radical (unpaired) electrons. The Morgan fingerprint density at radius 2 is 1.81 bits per heavy atom. The molecule has 4 rings (SSSR count). The van der Waals surface area contributed by atoms with Gasteiger partial charge < -0.3 is 10.6 Å². The Hall–Kier alpha value is -3.41. The molecule has 0 spiro atoms. The first-order chi connectivity index (χ1) is 17.1. The molecule has 1 atom stereocenters. The van der Waals surface area contributed by atoms with Gasteiger partial charge in [-0.15, -0.1) is 0 Å². The van der Waals surface area contributed by atoms with Crippen molar-refractivity contribution in [1.29, 1.82) is 0 Å². The lowest BCUT2D eigenvalue weighted by Crippen LogP contribution is -2.45. The highest BCUT2D eigenvalue weighted by atomic mass is 19.4. The number of amides is 1. The van der Waals surface area contributed by atoms with Crippen LogP contribution in [0.3, 0.4) is 0 Å². The van der Waals surface area contributed by atoms with Crippen LogP contribution in [-0.2, 0) is 6.18 Å². The van der Waals surface area contributed by atoms with Gasteiger partial charge in [0.15, 0.2) is 0 Å². The Kier molecular flexibility index (Phi) is 7.34. The van der Waals surface area contributed by atoms with E-state index in [1.165, 1.54) is 0 Å². The number of pyridine rings is 1. The van der Waals surface area contributed by atoms with Gasteiger partial charge in [-0.05, 0) is 31.2 Å². The predicted octanol–water partition coefficient (Wildman–Crippen LogP) is 4.68. The van der Waals surface area contributed by atoms with Crippen molar-refractivity contribution in [2.45, 2.75) is 37.9 Å². The van der Waals surface area contributed by atoms with Gasteiger partial charge in [-0.2, -0.15) is 13.2 Å². The lowest BCUT2D eigenvalue weighted by atomic mass is 10.0. The van der Waals surface area contributed by atoms with Gasteiger partial charge in [0.25, 0.3) is 11.8 Å². The minimum atomic E-state index is -4.70. The maximum Gasteiger partial charge on any atom is 0.451 e. The maximum atomic E-state index is 13.7. The van der Waals surface area contributed by atoms with Crippen molar-refractivity contribution < 1.29 is 26.7 Å². The second kappa shape index (κ2) is 10.3. The van der Waals surface area contributed by atoms with Crippen molar-refractivity contribution in [2.24, 2.45) is 0 Å². The monoisotopic (exact) mass is 508 g/mol. The van der Waals surface area contributed by atoms with E-state index in [-0.39, 0.29) is 32.5 Å². The summed E-state index contributed by atoms with van der Waals surface area (Å²) in [6.45, 7) is 2.63. The summed E-state index contributed by atoms with van der Waals surface area (Å²) < 4.78 is 66.2. The molecular formula is C24H25F5N6O. The quantitative estimate of drug-likeness (QED) is 0.451. The van der Waals surface area contributed by atoms with Crippen molar-refractivity contribution in [1.82, 2.24) is 25.2 Å². The number of carbonyl (C=O) groups excluding carboxylic acids is 1. The number of alkyl halides is 5. The van der Waals surface area contributed by atoms with Crippen LogP contribution in [-0.4, -0.2) is 57.9 Å². The fourth-order valence-corrected chi connectivity index (χ4v) is 4.19. The summed E-state index contributed by atoms with van der Waals surface area (Å²) in [4.78, 5) is 26.1. The molecule has 36 heavy (non-hydrogen) atoms. The van der Waals surface area contributed by atoms with Crippen molar-refractivity contribution in [3.05, 3.63) is 59.7 Å². The van der Waals surface area contributed by atoms with E-state index >= 15 is 0 Å². The topological polar surface area (TPSA) is 83.0 Å². The lowest BCUT2D eigenvalue weighted by molar-refractivity contribution is -0.145. The van der Waals surface area contributed by atoms with Crippen LogP contribution in [0.2, 0.25) is 0 Å². The number of piperidine rings is 1.